The molecule has 0 atom stereocenters. The average molecular weight is 331 g/mol. The summed E-state index contributed by atoms with van der Waals surface area (Å²) in [4.78, 5) is 16.2. The lowest BCUT2D eigenvalue weighted by Crippen LogP contribution is -2.41. The average Bonchev–Trinajstić information content (AvgIpc) is 2.38. The summed E-state index contributed by atoms with van der Waals surface area (Å²) >= 11 is 3.49. The maximum atomic E-state index is 12.5. The SMILES string of the molecule is Cc1cccc(N2C(=O)CN(C)c3ccc(Br)cc32)c1. The monoisotopic (exact) mass is 330 g/mol. The third-order valence-electron chi connectivity index (χ3n) is 3.47. The Bertz CT molecular complexity index is 684. The van der Waals surface area contributed by atoms with E-state index in [0.29, 0.717) is 6.54 Å². The highest BCUT2D eigenvalue weighted by Crippen LogP contribution is 2.39. The number of carbonyl (C=O) groups excluding carboxylic acids is 1. The summed E-state index contributed by atoms with van der Waals surface area (Å²) in [6.45, 7) is 2.43. The van der Waals surface area contributed by atoms with Crippen LogP contribution in [-0.2, 0) is 4.79 Å². The van der Waals surface area contributed by atoms with Gasteiger partial charge in [-0.25, -0.2) is 0 Å². The molecule has 0 N–H and O–H groups in total. The molecule has 3 nitrogen and oxygen atoms in total. The van der Waals surface area contributed by atoms with Crippen LogP contribution in [0.3, 0.4) is 0 Å². The van der Waals surface area contributed by atoms with Crippen LogP contribution in [-0.4, -0.2) is 19.5 Å². The maximum absolute atomic E-state index is 12.5. The molecule has 0 bridgehead atoms. The number of likely N-dealkylation sites (N-methyl/N-ethyl adjacent to an activating group) is 1. The van der Waals surface area contributed by atoms with Gasteiger partial charge in [-0.3, -0.25) is 9.69 Å². The molecule has 2 aromatic carbocycles. The van der Waals surface area contributed by atoms with E-state index in [0.717, 1.165) is 27.1 Å². The Balaban J connectivity index is 2.18. The second kappa shape index (κ2) is 4.94. The molecule has 1 aliphatic heterocycles. The molecule has 1 heterocycles. The summed E-state index contributed by atoms with van der Waals surface area (Å²) in [6, 6.07) is 14.0. The summed E-state index contributed by atoms with van der Waals surface area (Å²) in [7, 11) is 1.94. The molecule has 3 rings (SSSR count). The summed E-state index contributed by atoms with van der Waals surface area (Å²) in [6.07, 6.45) is 0. The molecule has 20 heavy (non-hydrogen) atoms. The molecule has 0 saturated heterocycles. The van der Waals surface area contributed by atoms with Gasteiger partial charge in [0.05, 0.1) is 17.9 Å². The Morgan fingerprint density at radius 2 is 1.90 bits per heavy atom. The summed E-state index contributed by atoms with van der Waals surface area (Å²) in [5, 5.41) is 0. The Labute approximate surface area is 126 Å². The van der Waals surface area contributed by atoms with Crippen LogP contribution in [0.15, 0.2) is 46.9 Å². The van der Waals surface area contributed by atoms with Crippen LogP contribution in [0.2, 0.25) is 0 Å². The number of rotatable bonds is 1. The first-order chi connectivity index (χ1) is 9.56. The first-order valence-corrected chi connectivity index (χ1v) is 7.26. The van der Waals surface area contributed by atoms with Crippen molar-refractivity contribution in [2.45, 2.75) is 6.92 Å². The molecular formula is C16H15BrN2O. The fraction of sp³-hybridized carbons (Fsp3) is 0.188. The van der Waals surface area contributed by atoms with Crippen molar-refractivity contribution in [1.82, 2.24) is 0 Å². The number of aryl methyl sites for hydroxylation is 1. The van der Waals surface area contributed by atoms with Gasteiger partial charge < -0.3 is 4.90 Å². The van der Waals surface area contributed by atoms with E-state index in [-0.39, 0.29) is 5.91 Å². The number of carbonyl (C=O) groups is 1. The first kappa shape index (κ1) is 13.2. The predicted octanol–water partition coefficient (Wildman–Crippen LogP) is 3.87. The number of anilines is 3. The van der Waals surface area contributed by atoms with Gasteiger partial charge in [-0.05, 0) is 42.8 Å². The maximum Gasteiger partial charge on any atom is 0.251 e. The molecule has 0 radical (unpaired) electrons. The topological polar surface area (TPSA) is 23.6 Å². The van der Waals surface area contributed by atoms with Gasteiger partial charge in [-0.1, -0.05) is 28.1 Å². The minimum Gasteiger partial charge on any atom is -0.364 e. The van der Waals surface area contributed by atoms with Crippen molar-refractivity contribution in [3.05, 3.63) is 52.5 Å². The molecule has 2 aromatic rings. The molecule has 1 aliphatic rings. The van der Waals surface area contributed by atoms with Crippen molar-refractivity contribution in [3.8, 4) is 0 Å². The Hall–Kier alpha value is -1.81. The summed E-state index contributed by atoms with van der Waals surface area (Å²) < 4.78 is 0.969. The predicted molar refractivity (Wildman–Crippen MR) is 85.7 cm³/mol. The number of benzene rings is 2. The van der Waals surface area contributed by atoms with Crippen molar-refractivity contribution in [2.24, 2.45) is 0 Å². The lowest BCUT2D eigenvalue weighted by Gasteiger charge is -2.35. The van der Waals surface area contributed by atoms with Gasteiger partial charge in [0.1, 0.15) is 0 Å². The fourth-order valence-corrected chi connectivity index (χ4v) is 2.89. The van der Waals surface area contributed by atoms with Crippen molar-refractivity contribution in [1.29, 1.82) is 0 Å². The third-order valence-corrected chi connectivity index (χ3v) is 3.96. The second-order valence-electron chi connectivity index (χ2n) is 5.06. The first-order valence-electron chi connectivity index (χ1n) is 6.46. The molecule has 0 aliphatic carbocycles. The van der Waals surface area contributed by atoms with Crippen LogP contribution in [0, 0.1) is 6.92 Å². The number of hydrogen-bond acceptors (Lipinski definition) is 2. The highest BCUT2D eigenvalue weighted by Gasteiger charge is 2.28. The second-order valence-corrected chi connectivity index (χ2v) is 5.97. The Morgan fingerprint density at radius 3 is 2.65 bits per heavy atom. The number of nitrogens with zero attached hydrogens (tertiary/aromatic N) is 2. The quantitative estimate of drug-likeness (QED) is 0.792. The number of hydrogen-bond donors (Lipinski definition) is 0. The molecule has 0 saturated carbocycles. The summed E-state index contributed by atoms with van der Waals surface area (Å²) in [5.74, 6) is 0.0868. The summed E-state index contributed by atoms with van der Waals surface area (Å²) in [5.41, 5.74) is 4.05. The number of fused-ring (bicyclic) bond motifs is 1. The minimum absolute atomic E-state index is 0.0868. The van der Waals surface area contributed by atoms with Gasteiger partial charge in [0.15, 0.2) is 0 Å². The van der Waals surface area contributed by atoms with Crippen LogP contribution in [0.25, 0.3) is 0 Å². The van der Waals surface area contributed by atoms with E-state index in [9.17, 15) is 4.79 Å². The van der Waals surface area contributed by atoms with E-state index in [1.165, 1.54) is 0 Å². The standard InChI is InChI=1S/C16H15BrN2O/c1-11-4-3-5-13(8-11)19-15-9-12(17)6-7-14(15)18(2)10-16(19)20/h3-9H,10H2,1-2H3. The zero-order valence-electron chi connectivity index (χ0n) is 11.4. The van der Waals surface area contributed by atoms with Gasteiger partial charge >= 0.3 is 0 Å². The van der Waals surface area contributed by atoms with Crippen LogP contribution in [0.4, 0.5) is 17.1 Å². The molecule has 0 fully saturated rings. The fourth-order valence-electron chi connectivity index (χ4n) is 2.54. The molecule has 0 unspecified atom stereocenters. The number of amides is 1. The van der Waals surface area contributed by atoms with Gasteiger partial charge in [0.2, 0.25) is 0 Å². The van der Waals surface area contributed by atoms with Gasteiger partial charge in [0, 0.05) is 17.2 Å². The normalized spacial score (nSPS) is 14.4. The van der Waals surface area contributed by atoms with E-state index in [1.807, 2.05) is 61.3 Å². The van der Waals surface area contributed by atoms with Crippen LogP contribution in [0.5, 0.6) is 0 Å². The highest BCUT2D eigenvalue weighted by molar-refractivity contribution is 9.10. The van der Waals surface area contributed by atoms with E-state index in [4.69, 9.17) is 0 Å². The molecule has 1 amide bonds. The van der Waals surface area contributed by atoms with Crippen molar-refractivity contribution < 1.29 is 4.79 Å². The molecular weight excluding hydrogens is 316 g/mol. The molecule has 0 aromatic heterocycles. The van der Waals surface area contributed by atoms with Gasteiger partial charge in [0.25, 0.3) is 5.91 Å². The van der Waals surface area contributed by atoms with Crippen molar-refractivity contribution in [2.75, 3.05) is 23.4 Å². The van der Waals surface area contributed by atoms with E-state index in [2.05, 4.69) is 15.9 Å². The number of halogens is 1. The molecule has 4 heteroatoms. The zero-order chi connectivity index (χ0) is 14.3. The van der Waals surface area contributed by atoms with E-state index >= 15 is 0 Å². The minimum atomic E-state index is 0.0868. The van der Waals surface area contributed by atoms with Crippen molar-refractivity contribution in [3.63, 3.8) is 0 Å². The Morgan fingerprint density at radius 1 is 1.10 bits per heavy atom. The van der Waals surface area contributed by atoms with Crippen molar-refractivity contribution >= 4 is 38.9 Å². The van der Waals surface area contributed by atoms with Crippen LogP contribution < -0.4 is 9.80 Å². The van der Waals surface area contributed by atoms with Crippen LogP contribution >= 0.6 is 15.9 Å². The largest absolute Gasteiger partial charge is 0.364 e. The van der Waals surface area contributed by atoms with E-state index in [1.54, 1.807) is 4.90 Å². The Kier molecular flexibility index (Phi) is 3.26. The smallest absolute Gasteiger partial charge is 0.251 e. The zero-order valence-corrected chi connectivity index (χ0v) is 13.0. The van der Waals surface area contributed by atoms with E-state index < -0.39 is 0 Å². The van der Waals surface area contributed by atoms with Gasteiger partial charge in [-0.2, -0.15) is 0 Å². The molecule has 0 spiro atoms. The lowest BCUT2D eigenvalue weighted by atomic mass is 10.1. The van der Waals surface area contributed by atoms with Crippen LogP contribution in [0.1, 0.15) is 5.56 Å². The molecule has 102 valence electrons. The highest BCUT2D eigenvalue weighted by atomic mass is 79.9. The lowest BCUT2D eigenvalue weighted by molar-refractivity contribution is -0.116. The van der Waals surface area contributed by atoms with Gasteiger partial charge in [-0.15, -0.1) is 0 Å². The third kappa shape index (κ3) is 2.20.